The molecule has 1 unspecified atom stereocenters. The Kier molecular flexibility index (Phi) is 15.1. The molecule has 0 spiro atoms. The summed E-state index contributed by atoms with van der Waals surface area (Å²) >= 11 is 0. The first-order valence-electron chi connectivity index (χ1n) is 17.0. The van der Waals surface area contributed by atoms with Gasteiger partial charge in [0.1, 0.15) is 18.1 Å². The third-order valence-corrected chi connectivity index (χ3v) is 8.58. The Morgan fingerprint density at radius 1 is 0.959 bits per heavy atom. The molecule has 5 amide bonds. The summed E-state index contributed by atoms with van der Waals surface area (Å²) in [6.45, 7) is 16.2. The Bertz CT molecular complexity index is 1210. The summed E-state index contributed by atoms with van der Waals surface area (Å²) in [4.78, 5) is 80.8. The van der Waals surface area contributed by atoms with Crippen LogP contribution in [0, 0.1) is 29.1 Å². The lowest BCUT2D eigenvalue weighted by molar-refractivity contribution is -0.147. The number of carbonyl (C=O) groups excluding carboxylic acids is 6. The van der Waals surface area contributed by atoms with Crippen LogP contribution in [0.3, 0.4) is 0 Å². The van der Waals surface area contributed by atoms with E-state index in [4.69, 9.17) is 4.74 Å². The zero-order valence-electron chi connectivity index (χ0n) is 29.7. The summed E-state index contributed by atoms with van der Waals surface area (Å²) in [6.07, 6.45) is -2.86. The second-order valence-corrected chi connectivity index (χ2v) is 14.9. The van der Waals surface area contributed by atoms with Gasteiger partial charge in [-0.3, -0.25) is 19.2 Å². The van der Waals surface area contributed by atoms with Gasteiger partial charge in [-0.15, -0.1) is 6.58 Å². The number of halogens is 3. The van der Waals surface area contributed by atoms with E-state index < -0.39 is 90.0 Å². The van der Waals surface area contributed by atoms with Crippen molar-refractivity contribution in [1.82, 2.24) is 26.2 Å². The highest BCUT2D eigenvalue weighted by Gasteiger charge is 2.47. The first-order chi connectivity index (χ1) is 22.7. The second-order valence-electron chi connectivity index (χ2n) is 14.9. The van der Waals surface area contributed by atoms with Crippen LogP contribution in [0.4, 0.5) is 18.0 Å². The molecule has 0 bridgehead atoms. The number of alkyl halides is 3. The normalized spacial score (nSPS) is 19.9. The molecule has 4 N–H and O–H groups in total. The number of ether oxygens (including phenoxy) is 1. The van der Waals surface area contributed by atoms with E-state index in [0.29, 0.717) is 18.8 Å². The van der Waals surface area contributed by atoms with E-state index in [0.717, 1.165) is 12.8 Å². The smallest absolute Gasteiger partial charge is 0.389 e. The average Bonchev–Trinajstić information content (AvgIpc) is 3.73. The Morgan fingerprint density at radius 3 is 2.10 bits per heavy atom. The van der Waals surface area contributed by atoms with Crippen molar-refractivity contribution in [1.29, 1.82) is 0 Å². The predicted molar refractivity (Wildman–Crippen MR) is 176 cm³/mol. The van der Waals surface area contributed by atoms with Gasteiger partial charge in [0.2, 0.25) is 17.6 Å². The number of nitrogens with zero attached hydrogens (tertiary/aromatic N) is 1. The Labute approximate surface area is 287 Å². The molecule has 278 valence electrons. The first-order valence-corrected chi connectivity index (χ1v) is 17.0. The molecule has 1 heterocycles. The number of esters is 1. The lowest BCUT2D eigenvalue weighted by Gasteiger charge is -2.37. The fourth-order valence-electron chi connectivity index (χ4n) is 5.76. The molecule has 5 atom stereocenters. The molecule has 0 aromatic heterocycles. The van der Waals surface area contributed by atoms with E-state index >= 15 is 0 Å². The van der Waals surface area contributed by atoms with Crippen LogP contribution >= 0.6 is 0 Å². The molecule has 12 nitrogen and oxygen atoms in total. The highest BCUT2D eigenvalue weighted by Crippen LogP contribution is 2.33. The number of likely N-dealkylation sites (tertiary alicyclic amines) is 1. The minimum Gasteiger partial charge on any atom is -0.464 e. The third-order valence-electron chi connectivity index (χ3n) is 8.58. The average molecular weight is 702 g/mol. The fourth-order valence-corrected chi connectivity index (χ4v) is 5.76. The lowest BCUT2D eigenvalue weighted by atomic mass is 9.85. The van der Waals surface area contributed by atoms with E-state index in [1.54, 1.807) is 34.6 Å². The van der Waals surface area contributed by atoms with Crippen LogP contribution in [-0.4, -0.2) is 90.4 Å². The number of hydrogen-bond donors (Lipinski definition) is 4. The summed E-state index contributed by atoms with van der Waals surface area (Å²) in [6, 6.07) is -5.96. The Morgan fingerprint density at radius 2 is 1.59 bits per heavy atom. The second kappa shape index (κ2) is 17.8. The van der Waals surface area contributed by atoms with Crippen molar-refractivity contribution in [2.45, 2.75) is 117 Å². The maximum Gasteiger partial charge on any atom is 0.389 e. The number of carbonyl (C=O) groups is 6. The lowest BCUT2D eigenvalue weighted by Crippen LogP contribution is -2.62. The number of nitrogens with one attached hydrogen (secondary N) is 4. The van der Waals surface area contributed by atoms with E-state index in [-0.39, 0.29) is 31.5 Å². The molecule has 1 saturated carbocycles. The molecule has 15 heteroatoms. The van der Waals surface area contributed by atoms with Gasteiger partial charge in [-0.05, 0) is 61.2 Å². The van der Waals surface area contributed by atoms with Crippen LogP contribution in [0.1, 0.15) is 87.0 Å². The molecule has 1 aliphatic carbocycles. The van der Waals surface area contributed by atoms with Crippen LogP contribution < -0.4 is 21.3 Å². The third kappa shape index (κ3) is 13.3. The number of urea groups is 1. The highest BCUT2D eigenvalue weighted by molar-refractivity contribution is 6.38. The maximum absolute atomic E-state index is 14.2. The number of ketones is 1. The largest absolute Gasteiger partial charge is 0.464 e. The molecule has 1 aliphatic heterocycles. The molecule has 2 rings (SSSR count). The minimum atomic E-state index is -4.66. The summed E-state index contributed by atoms with van der Waals surface area (Å²) in [5.74, 6) is -4.84. The molecule has 1 saturated heterocycles. The van der Waals surface area contributed by atoms with Crippen LogP contribution in [0.15, 0.2) is 12.7 Å². The molecule has 49 heavy (non-hydrogen) atoms. The summed E-state index contributed by atoms with van der Waals surface area (Å²) in [5, 5.41) is 9.87. The Balaban J connectivity index is 2.34. The van der Waals surface area contributed by atoms with Gasteiger partial charge in [-0.1, -0.05) is 54.5 Å². The molecule has 0 radical (unpaired) electrons. The fraction of sp³-hybridized carbons (Fsp3) is 0.765. The number of amides is 5. The van der Waals surface area contributed by atoms with Crippen molar-refractivity contribution in [2.75, 3.05) is 19.7 Å². The molecule has 2 aliphatic rings. The topological polar surface area (TPSA) is 163 Å². The van der Waals surface area contributed by atoms with Crippen molar-refractivity contribution >= 4 is 35.5 Å². The zero-order valence-corrected chi connectivity index (χ0v) is 29.7. The zero-order chi connectivity index (χ0) is 37.3. The summed E-state index contributed by atoms with van der Waals surface area (Å²) in [7, 11) is 0. The van der Waals surface area contributed by atoms with Gasteiger partial charge in [-0.25, -0.2) is 9.59 Å². The standard InChI is InChI=1S/C34H54F3N5O7/c1-9-15-38-29(45)26(43)23(12-14-34(35,36)37)39-28(44)25-22(17-19(2)3)13-16-42(25)30(46)27(33(6,7)8)41-32(48)40-24(20(4)5)31(47)49-18-21-10-11-21/h9,19-25,27H,1,10-18H2,2-8H3,(H,38,45)(H,39,44)(H2,40,41,48)/t22-,23?,24+,25+,27-/m1/s1. The van der Waals surface area contributed by atoms with Gasteiger partial charge in [0, 0.05) is 19.5 Å². The van der Waals surface area contributed by atoms with Gasteiger partial charge in [0.15, 0.2) is 0 Å². The van der Waals surface area contributed by atoms with Crippen LogP contribution in [0.25, 0.3) is 0 Å². The first kappa shape index (κ1) is 41.5. The van der Waals surface area contributed by atoms with E-state index in [1.165, 1.54) is 11.0 Å². The van der Waals surface area contributed by atoms with Crippen molar-refractivity contribution in [3.63, 3.8) is 0 Å². The van der Waals surface area contributed by atoms with Gasteiger partial charge < -0.3 is 30.9 Å². The van der Waals surface area contributed by atoms with Crippen LogP contribution in [-0.2, 0) is 28.7 Å². The van der Waals surface area contributed by atoms with E-state index in [1.807, 2.05) is 13.8 Å². The molecular formula is C34H54F3N5O7. The molecule has 2 fully saturated rings. The van der Waals surface area contributed by atoms with Crippen LogP contribution in [0.2, 0.25) is 0 Å². The Hall–Kier alpha value is -3.65. The van der Waals surface area contributed by atoms with Gasteiger partial charge in [-0.2, -0.15) is 13.2 Å². The number of hydrogen-bond acceptors (Lipinski definition) is 7. The monoisotopic (exact) mass is 701 g/mol. The maximum atomic E-state index is 14.2. The van der Waals surface area contributed by atoms with E-state index in [9.17, 15) is 41.9 Å². The summed E-state index contributed by atoms with van der Waals surface area (Å²) < 4.78 is 44.9. The van der Waals surface area contributed by atoms with Gasteiger partial charge in [0.25, 0.3) is 5.91 Å². The van der Waals surface area contributed by atoms with Crippen molar-refractivity contribution in [3.8, 4) is 0 Å². The number of rotatable bonds is 17. The van der Waals surface area contributed by atoms with Crippen molar-refractivity contribution in [2.24, 2.45) is 29.1 Å². The predicted octanol–water partition coefficient (Wildman–Crippen LogP) is 3.64. The highest BCUT2D eigenvalue weighted by atomic mass is 19.4. The molecular weight excluding hydrogens is 647 g/mol. The molecule has 0 aromatic carbocycles. The van der Waals surface area contributed by atoms with Crippen LogP contribution in [0.5, 0.6) is 0 Å². The van der Waals surface area contributed by atoms with Crippen molar-refractivity contribution in [3.05, 3.63) is 12.7 Å². The SMILES string of the molecule is C=CCNC(=O)C(=O)C(CCC(F)(F)F)NC(=O)[C@@H]1[C@@H](CC(C)C)CCN1C(=O)[C@@H](NC(=O)N[C@H](C(=O)OCC1CC1)C(C)C)C(C)(C)C. The quantitative estimate of drug-likeness (QED) is 0.102. The summed E-state index contributed by atoms with van der Waals surface area (Å²) in [5.41, 5.74) is -0.889. The van der Waals surface area contributed by atoms with Gasteiger partial charge >= 0.3 is 18.2 Å². The molecule has 0 aromatic rings. The van der Waals surface area contributed by atoms with Gasteiger partial charge in [0.05, 0.1) is 12.6 Å². The minimum absolute atomic E-state index is 0.0812. The van der Waals surface area contributed by atoms with E-state index in [2.05, 4.69) is 27.8 Å². The van der Waals surface area contributed by atoms with Crippen molar-refractivity contribution < 1.29 is 46.7 Å². The number of Topliss-reactive ketones (excluding diaryl/α,β-unsaturated/α-hetero) is 1.